The first-order valence-electron chi connectivity index (χ1n) is 7.03. The molecule has 2 unspecified atom stereocenters. The van der Waals surface area contributed by atoms with Crippen LogP contribution in [0.4, 0.5) is 0 Å². The molecule has 0 aliphatic rings. The van der Waals surface area contributed by atoms with E-state index in [-0.39, 0.29) is 0 Å². The Morgan fingerprint density at radius 3 is 2.38 bits per heavy atom. The quantitative estimate of drug-likeness (QED) is 0.547. The van der Waals surface area contributed by atoms with E-state index < -0.39 is 0 Å². The van der Waals surface area contributed by atoms with Crippen LogP contribution < -0.4 is 5.32 Å². The Kier molecular flexibility index (Phi) is 11.3. The van der Waals surface area contributed by atoms with Crippen molar-refractivity contribution in [3.05, 3.63) is 0 Å². The molecule has 98 valence electrons. The van der Waals surface area contributed by atoms with Crippen LogP contribution >= 0.6 is 0 Å². The van der Waals surface area contributed by atoms with Gasteiger partial charge in [-0.05, 0) is 32.7 Å². The highest BCUT2D eigenvalue weighted by molar-refractivity contribution is 4.70. The van der Waals surface area contributed by atoms with E-state index in [0.29, 0.717) is 6.04 Å². The summed E-state index contributed by atoms with van der Waals surface area (Å²) in [7, 11) is 2.07. The molecule has 0 aliphatic heterocycles. The highest BCUT2D eigenvalue weighted by Gasteiger charge is 2.13. The van der Waals surface area contributed by atoms with Crippen LogP contribution in [0.15, 0.2) is 0 Å². The second-order valence-corrected chi connectivity index (χ2v) is 4.62. The molecule has 0 aromatic heterocycles. The fourth-order valence-corrected chi connectivity index (χ4v) is 2.13. The average molecular weight is 229 g/mol. The van der Waals surface area contributed by atoms with E-state index in [2.05, 4.69) is 33.1 Å². The summed E-state index contributed by atoms with van der Waals surface area (Å²) >= 11 is 0. The molecule has 0 fully saturated rings. The molecule has 0 saturated carbocycles. The van der Waals surface area contributed by atoms with Crippen LogP contribution in [0, 0.1) is 5.92 Å². The third kappa shape index (κ3) is 8.12. The van der Waals surface area contributed by atoms with E-state index in [1.54, 1.807) is 0 Å². The molecule has 0 spiro atoms. The van der Waals surface area contributed by atoms with E-state index >= 15 is 0 Å². The molecule has 2 heteroatoms. The van der Waals surface area contributed by atoms with Crippen molar-refractivity contribution in [2.45, 2.75) is 65.3 Å². The Balaban J connectivity index is 3.77. The molecule has 0 bridgehead atoms. The zero-order chi connectivity index (χ0) is 12.2. The second kappa shape index (κ2) is 11.4. The molecule has 0 aromatic rings. The molecule has 0 saturated heterocycles. The van der Waals surface area contributed by atoms with Crippen molar-refractivity contribution in [1.82, 2.24) is 5.32 Å². The molecule has 0 aromatic carbocycles. The third-order valence-corrected chi connectivity index (χ3v) is 3.38. The minimum absolute atomic E-state index is 0.633. The van der Waals surface area contributed by atoms with Gasteiger partial charge in [0.15, 0.2) is 0 Å². The van der Waals surface area contributed by atoms with Gasteiger partial charge in [-0.25, -0.2) is 0 Å². The maximum Gasteiger partial charge on any atom is 0.0480 e. The molecule has 0 heterocycles. The summed E-state index contributed by atoms with van der Waals surface area (Å²) in [4.78, 5) is 0. The summed E-state index contributed by atoms with van der Waals surface area (Å²) in [6, 6.07) is 0.633. The normalized spacial score (nSPS) is 15.0. The van der Waals surface area contributed by atoms with E-state index in [4.69, 9.17) is 4.74 Å². The van der Waals surface area contributed by atoms with Crippen molar-refractivity contribution in [3.63, 3.8) is 0 Å². The molecule has 0 amide bonds. The lowest BCUT2D eigenvalue weighted by Gasteiger charge is -2.22. The van der Waals surface area contributed by atoms with Gasteiger partial charge in [0.05, 0.1) is 0 Å². The highest BCUT2D eigenvalue weighted by Crippen LogP contribution is 2.19. The first-order valence-corrected chi connectivity index (χ1v) is 7.03. The molecule has 0 rings (SSSR count). The van der Waals surface area contributed by atoms with Crippen molar-refractivity contribution in [3.8, 4) is 0 Å². The minimum atomic E-state index is 0.633. The molecular formula is C14H31NO. The zero-order valence-electron chi connectivity index (χ0n) is 11.7. The monoisotopic (exact) mass is 229 g/mol. The van der Waals surface area contributed by atoms with Gasteiger partial charge < -0.3 is 10.1 Å². The lowest BCUT2D eigenvalue weighted by atomic mass is 9.91. The fraction of sp³-hybridized carbons (Fsp3) is 1.00. The lowest BCUT2D eigenvalue weighted by molar-refractivity contribution is 0.133. The summed E-state index contributed by atoms with van der Waals surface area (Å²) < 4.78 is 5.42. The molecule has 1 N–H and O–H groups in total. The fourth-order valence-electron chi connectivity index (χ4n) is 2.13. The zero-order valence-corrected chi connectivity index (χ0v) is 11.7. The maximum absolute atomic E-state index is 5.42. The molecular weight excluding hydrogens is 198 g/mol. The van der Waals surface area contributed by atoms with Crippen LogP contribution in [0.25, 0.3) is 0 Å². The van der Waals surface area contributed by atoms with Gasteiger partial charge in [-0.3, -0.25) is 0 Å². The first-order chi connectivity index (χ1) is 7.78. The van der Waals surface area contributed by atoms with Crippen molar-refractivity contribution < 1.29 is 4.74 Å². The van der Waals surface area contributed by atoms with Crippen molar-refractivity contribution in [1.29, 1.82) is 0 Å². The first kappa shape index (κ1) is 15.9. The largest absolute Gasteiger partial charge is 0.382 e. The summed E-state index contributed by atoms with van der Waals surface area (Å²) in [6.45, 7) is 8.38. The third-order valence-electron chi connectivity index (χ3n) is 3.38. The second-order valence-electron chi connectivity index (χ2n) is 4.62. The molecule has 2 nitrogen and oxygen atoms in total. The molecule has 0 aliphatic carbocycles. The van der Waals surface area contributed by atoms with Gasteiger partial charge in [0.25, 0.3) is 0 Å². The van der Waals surface area contributed by atoms with Crippen LogP contribution in [-0.4, -0.2) is 26.3 Å². The number of hydrogen-bond acceptors (Lipinski definition) is 2. The lowest BCUT2D eigenvalue weighted by Crippen LogP contribution is -2.29. The maximum atomic E-state index is 5.42. The Bertz CT molecular complexity index is 139. The number of ether oxygens (including phenoxy) is 1. The summed E-state index contributed by atoms with van der Waals surface area (Å²) in [5.74, 6) is 0.888. The Morgan fingerprint density at radius 2 is 1.88 bits per heavy atom. The standard InChI is InChI=1S/C14H31NO/c1-5-8-9-13(6-2)12-14(15-4)10-11-16-7-3/h13-15H,5-12H2,1-4H3. The van der Waals surface area contributed by atoms with Gasteiger partial charge in [-0.15, -0.1) is 0 Å². The van der Waals surface area contributed by atoms with Gasteiger partial charge in [0.2, 0.25) is 0 Å². The van der Waals surface area contributed by atoms with Crippen molar-refractivity contribution >= 4 is 0 Å². The predicted molar refractivity (Wildman–Crippen MR) is 71.9 cm³/mol. The van der Waals surface area contributed by atoms with Crippen LogP contribution in [0.1, 0.15) is 59.3 Å². The molecule has 2 atom stereocenters. The number of nitrogens with one attached hydrogen (secondary N) is 1. The van der Waals surface area contributed by atoms with Gasteiger partial charge >= 0.3 is 0 Å². The van der Waals surface area contributed by atoms with Crippen LogP contribution in [0.2, 0.25) is 0 Å². The SMILES string of the molecule is CCCCC(CC)CC(CCOCC)NC. The number of hydrogen-bond donors (Lipinski definition) is 1. The van der Waals surface area contributed by atoms with Gasteiger partial charge in [0.1, 0.15) is 0 Å². The van der Waals surface area contributed by atoms with E-state index in [1.807, 2.05) is 0 Å². The van der Waals surface area contributed by atoms with Crippen LogP contribution in [-0.2, 0) is 4.74 Å². The van der Waals surface area contributed by atoms with Crippen LogP contribution in [0.5, 0.6) is 0 Å². The van der Waals surface area contributed by atoms with E-state index in [9.17, 15) is 0 Å². The predicted octanol–water partition coefficient (Wildman–Crippen LogP) is 3.61. The van der Waals surface area contributed by atoms with Crippen molar-refractivity contribution in [2.24, 2.45) is 5.92 Å². The van der Waals surface area contributed by atoms with Gasteiger partial charge in [-0.2, -0.15) is 0 Å². The van der Waals surface area contributed by atoms with Gasteiger partial charge in [-0.1, -0.05) is 39.5 Å². The minimum Gasteiger partial charge on any atom is -0.382 e. The molecule has 0 radical (unpaired) electrons. The van der Waals surface area contributed by atoms with Crippen molar-refractivity contribution in [2.75, 3.05) is 20.3 Å². The smallest absolute Gasteiger partial charge is 0.0480 e. The number of rotatable bonds is 11. The molecule has 16 heavy (non-hydrogen) atoms. The average Bonchev–Trinajstić information content (AvgIpc) is 2.32. The van der Waals surface area contributed by atoms with Gasteiger partial charge in [0, 0.05) is 19.3 Å². The van der Waals surface area contributed by atoms with Crippen LogP contribution in [0.3, 0.4) is 0 Å². The Hall–Kier alpha value is -0.0800. The highest BCUT2D eigenvalue weighted by atomic mass is 16.5. The van der Waals surface area contributed by atoms with E-state index in [1.165, 1.54) is 32.1 Å². The summed E-state index contributed by atoms with van der Waals surface area (Å²) in [6.07, 6.45) is 7.85. The summed E-state index contributed by atoms with van der Waals surface area (Å²) in [5.41, 5.74) is 0. The number of unbranched alkanes of at least 4 members (excludes halogenated alkanes) is 1. The Labute approximate surface area is 102 Å². The van der Waals surface area contributed by atoms with E-state index in [0.717, 1.165) is 25.6 Å². The summed E-state index contributed by atoms with van der Waals surface area (Å²) in [5, 5.41) is 3.42. The Morgan fingerprint density at radius 1 is 1.12 bits per heavy atom. The topological polar surface area (TPSA) is 21.3 Å².